The number of hydrogen-bond acceptors (Lipinski definition) is 2. The van der Waals surface area contributed by atoms with Crippen LogP contribution in [0.1, 0.15) is 0 Å². The molecule has 0 spiro atoms. The predicted octanol–water partition coefficient (Wildman–Crippen LogP) is 3.96. The highest BCUT2D eigenvalue weighted by Crippen LogP contribution is 2.30. The van der Waals surface area contributed by atoms with Crippen LogP contribution in [0.4, 0.5) is 14.5 Å². The molecule has 0 radical (unpaired) electrons. The van der Waals surface area contributed by atoms with E-state index in [4.69, 9.17) is 10.2 Å². The van der Waals surface area contributed by atoms with Crippen molar-refractivity contribution in [2.75, 3.05) is 5.73 Å². The maximum atomic E-state index is 13.5. The van der Waals surface area contributed by atoms with E-state index < -0.39 is 11.6 Å². The predicted molar refractivity (Wildman–Crippen MR) is 66.0 cm³/mol. The van der Waals surface area contributed by atoms with E-state index in [1.807, 2.05) is 0 Å². The topological polar surface area (TPSA) is 39.2 Å². The standard InChI is InChI=1S/C14H9F2NO/c15-10-3-1-2-9-7-13(18-14(9)10)8-4-5-12(17)11(16)6-8/h1-7H,17H2. The van der Waals surface area contributed by atoms with Gasteiger partial charge in [0.05, 0.1) is 5.69 Å². The third-order valence-corrected chi connectivity index (χ3v) is 2.78. The Kier molecular flexibility index (Phi) is 2.30. The minimum absolute atomic E-state index is 0.0704. The molecule has 0 saturated heterocycles. The number of furan rings is 1. The summed E-state index contributed by atoms with van der Waals surface area (Å²) in [5, 5.41) is 0.641. The Morgan fingerprint density at radius 2 is 1.78 bits per heavy atom. The zero-order valence-corrected chi connectivity index (χ0v) is 9.28. The fraction of sp³-hybridized carbons (Fsp3) is 0. The van der Waals surface area contributed by atoms with Gasteiger partial charge in [0.2, 0.25) is 0 Å². The van der Waals surface area contributed by atoms with Gasteiger partial charge in [0.15, 0.2) is 11.4 Å². The van der Waals surface area contributed by atoms with Gasteiger partial charge < -0.3 is 10.2 Å². The molecule has 18 heavy (non-hydrogen) atoms. The number of benzene rings is 2. The SMILES string of the molecule is Nc1ccc(-c2cc3cccc(F)c3o2)cc1F. The quantitative estimate of drug-likeness (QED) is 0.659. The molecule has 2 N–H and O–H groups in total. The molecular formula is C14H9F2NO. The largest absolute Gasteiger partial charge is 0.453 e. The van der Waals surface area contributed by atoms with Gasteiger partial charge >= 0.3 is 0 Å². The third kappa shape index (κ3) is 1.62. The van der Waals surface area contributed by atoms with Crippen LogP contribution in [0.3, 0.4) is 0 Å². The summed E-state index contributed by atoms with van der Waals surface area (Å²) in [6.45, 7) is 0. The molecular weight excluding hydrogens is 236 g/mol. The molecule has 1 heterocycles. The minimum atomic E-state index is -0.520. The number of hydrogen-bond donors (Lipinski definition) is 1. The van der Waals surface area contributed by atoms with Crippen LogP contribution in [0, 0.1) is 11.6 Å². The Bertz CT molecular complexity index is 734. The molecule has 0 atom stereocenters. The number of para-hydroxylation sites is 1. The Morgan fingerprint density at radius 3 is 2.50 bits per heavy atom. The van der Waals surface area contributed by atoms with E-state index >= 15 is 0 Å². The van der Waals surface area contributed by atoms with Crippen molar-refractivity contribution in [3.8, 4) is 11.3 Å². The lowest BCUT2D eigenvalue weighted by Crippen LogP contribution is -1.89. The number of rotatable bonds is 1. The van der Waals surface area contributed by atoms with Crippen LogP contribution in [0.5, 0.6) is 0 Å². The molecule has 0 saturated carbocycles. The molecule has 1 aromatic heterocycles. The molecule has 2 aromatic carbocycles. The van der Waals surface area contributed by atoms with Gasteiger partial charge in [-0.2, -0.15) is 0 Å². The second kappa shape index (κ2) is 3.84. The highest BCUT2D eigenvalue weighted by atomic mass is 19.1. The maximum absolute atomic E-state index is 13.5. The average Bonchev–Trinajstić information content (AvgIpc) is 2.78. The molecule has 3 aromatic rings. The normalized spacial score (nSPS) is 11.0. The van der Waals surface area contributed by atoms with Crippen molar-refractivity contribution in [3.63, 3.8) is 0 Å². The van der Waals surface area contributed by atoms with Gasteiger partial charge in [-0.3, -0.25) is 0 Å². The summed E-state index contributed by atoms with van der Waals surface area (Å²) < 4.78 is 32.2. The van der Waals surface area contributed by atoms with Crippen LogP contribution in [0.25, 0.3) is 22.3 Å². The minimum Gasteiger partial charge on any atom is -0.453 e. The van der Waals surface area contributed by atoms with Crippen LogP contribution in [-0.4, -0.2) is 0 Å². The fourth-order valence-electron chi connectivity index (χ4n) is 1.85. The third-order valence-electron chi connectivity index (χ3n) is 2.78. The van der Waals surface area contributed by atoms with Gasteiger partial charge in [-0.25, -0.2) is 8.78 Å². The monoisotopic (exact) mass is 245 g/mol. The van der Waals surface area contributed by atoms with E-state index in [2.05, 4.69) is 0 Å². The molecule has 0 aliphatic heterocycles. The first kappa shape index (κ1) is 10.8. The van der Waals surface area contributed by atoms with Crippen LogP contribution in [0.2, 0.25) is 0 Å². The molecule has 0 aliphatic carbocycles. The summed E-state index contributed by atoms with van der Waals surface area (Å²) in [4.78, 5) is 0. The Hall–Kier alpha value is -2.36. The second-order valence-corrected chi connectivity index (χ2v) is 4.01. The van der Waals surface area contributed by atoms with Crippen molar-refractivity contribution in [1.82, 2.24) is 0 Å². The van der Waals surface area contributed by atoms with Crippen molar-refractivity contribution in [2.45, 2.75) is 0 Å². The number of halogens is 2. The van der Waals surface area contributed by atoms with Gasteiger partial charge in [-0.1, -0.05) is 12.1 Å². The molecule has 3 rings (SSSR count). The lowest BCUT2D eigenvalue weighted by atomic mass is 10.1. The van der Waals surface area contributed by atoms with Gasteiger partial charge in [0.25, 0.3) is 0 Å². The first-order valence-corrected chi connectivity index (χ1v) is 5.38. The van der Waals surface area contributed by atoms with Gasteiger partial charge in [-0.05, 0) is 30.3 Å². The summed E-state index contributed by atoms with van der Waals surface area (Å²) in [5.41, 5.74) is 6.17. The number of nitrogen functional groups attached to an aromatic ring is 1. The van der Waals surface area contributed by atoms with E-state index in [0.29, 0.717) is 16.7 Å². The Balaban J connectivity index is 2.19. The smallest absolute Gasteiger partial charge is 0.170 e. The zero-order chi connectivity index (χ0) is 12.7. The molecule has 0 unspecified atom stereocenters. The summed E-state index contributed by atoms with van der Waals surface area (Å²) in [7, 11) is 0. The summed E-state index contributed by atoms with van der Waals surface area (Å²) in [6, 6.07) is 10.7. The number of nitrogens with two attached hydrogens (primary N) is 1. The number of fused-ring (bicyclic) bond motifs is 1. The fourth-order valence-corrected chi connectivity index (χ4v) is 1.85. The van der Waals surface area contributed by atoms with Gasteiger partial charge in [-0.15, -0.1) is 0 Å². The summed E-state index contributed by atoms with van der Waals surface area (Å²) >= 11 is 0. The lowest BCUT2D eigenvalue weighted by Gasteiger charge is -1.99. The Labute approximate surface area is 102 Å². The highest BCUT2D eigenvalue weighted by molar-refractivity contribution is 5.83. The van der Waals surface area contributed by atoms with Crippen LogP contribution in [0.15, 0.2) is 46.9 Å². The molecule has 2 nitrogen and oxygen atoms in total. The van der Waals surface area contributed by atoms with Crippen molar-refractivity contribution < 1.29 is 13.2 Å². The molecule has 0 bridgehead atoms. The van der Waals surface area contributed by atoms with Crippen molar-refractivity contribution in [2.24, 2.45) is 0 Å². The first-order chi connectivity index (χ1) is 8.65. The van der Waals surface area contributed by atoms with E-state index in [-0.39, 0.29) is 11.3 Å². The average molecular weight is 245 g/mol. The van der Waals surface area contributed by atoms with E-state index in [1.54, 1.807) is 24.3 Å². The summed E-state index contributed by atoms with van der Waals surface area (Å²) in [5.74, 6) is -0.544. The molecule has 0 fully saturated rings. The molecule has 0 amide bonds. The lowest BCUT2D eigenvalue weighted by molar-refractivity contribution is 0.568. The van der Waals surface area contributed by atoms with Crippen molar-refractivity contribution in [1.29, 1.82) is 0 Å². The van der Waals surface area contributed by atoms with Gasteiger partial charge in [0.1, 0.15) is 11.6 Å². The van der Waals surface area contributed by atoms with E-state index in [1.165, 1.54) is 18.2 Å². The van der Waals surface area contributed by atoms with Crippen LogP contribution >= 0.6 is 0 Å². The highest BCUT2D eigenvalue weighted by Gasteiger charge is 2.10. The van der Waals surface area contributed by atoms with Crippen LogP contribution in [-0.2, 0) is 0 Å². The molecule has 4 heteroatoms. The van der Waals surface area contributed by atoms with Gasteiger partial charge in [0, 0.05) is 10.9 Å². The zero-order valence-electron chi connectivity index (χ0n) is 9.28. The maximum Gasteiger partial charge on any atom is 0.170 e. The number of anilines is 1. The van der Waals surface area contributed by atoms with Crippen molar-refractivity contribution >= 4 is 16.7 Å². The molecule has 90 valence electrons. The van der Waals surface area contributed by atoms with Crippen molar-refractivity contribution in [3.05, 3.63) is 54.1 Å². The van der Waals surface area contributed by atoms with Crippen LogP contribution < -0.4 is 5.73 Å². The van der Waals surface area contributed by atoms with E-state index in [0.717, 1.165) is 0 Å². The molecule has 0 aliphatic rings. The first-order valence-electron chi connectivity index (χ1n) is 5.38. The Morgan fingerprint density at radius 1 is 0.944 bits per heavy atom. The van der Waals surface area contributed by atoms with E-state index in [9.17, 15) is 8.78 Å². The second-order valence-electron chi connectivity index (χ2n) is 4.01. The summed E-state index contributed by atoms with van der Waals surface area (Å²) in [6.07, 6.45) is 0.